The van der Waals surface area contributed by atoms with Gasteiger partial charge in [-0.15, -0.1) is 11.8 Å². The van der Waals surface area contributed by atoms with E-state index < -0.39 is 0 Å². The molecule has 0 fully saturated rings. The zero-order chi connectivity index (χ0) is 15.4. The van der Waals surface area contributed by atoms with Crippen LogP contribution in [-0.4, -0.2) is 12.8 Å². The van der Waals surface area contributed by atoms with E-state index in [9.17, 15) is 0 Å². The molecule has 0 saturated heterocycles. The van der Waals surface area contributed by atoms with Crippen molar-refractivity contribution < 1.29 is 0 Å². The second-order valence-corrected chi connectivity index (χ2v) is 6.60. The van der Waals surface area contributed by atoms with Gasteiger partial charge < -0.3 is 10.6 Å². The van der Waals surface area contributed by atoms with Crippen LogP contribution in [0.25, 0.3) is 0 Å². The highest BCUT2D eigenvalue weighted by Gasteiger charge is 2.12. The van der Waals surface area contributed by atoms with Gasteiger partial charge in [0.05, 0.1) is 0 Å². The predicted molar refractivity (Wildman–Crippen MR) is 94.7 cm³/mol. The molecule has 2 N–H and O–H groups in total. The Labute approximate surface area is 132 Å². The van der Waals surface area contributed by atoms with E-state index in [-0.39, 0.29) is 0 Å². The molecule has 2 aromatic rings. The summed E-state index contributed by atoms with van der Waals surface area (Å²) in [5.74, 6) is 1.06. The molecule has 0 aliphatic rings. The summed E-state index contributed by atoms with van der Waals surface area (Å²) < 4.78 is 0. The molecular weight excluding hydrogens is 276 g/mol. The summed E-state index contributed by atoms with van der Waals surface area (Å²) in [4.78, 5) is 3.52. The Kier molecular flexibility index (Phi) is 5.32. The van der Waals surface area contributed by atoms with Gasteiger partial charge in [0.2, 0.25) is 0 Å². The van der Waals surface area contributed by atoms with Crippen LogP contribution in [0.5, 0.6) is 0 Å². The average Bonchev–Trinajstić information content (AvgIpc) is 2.45. The molecule has 0 aliphatic carbocycles. The Morgan fingerprint density at radius 2 is 1.76 bits per heavy atom. The number of nitrogens with zero attached hydrogens (tertiary/aromatic N) is 1. The van der Waals surface area contributed by atoms with Gasteiger partial charge in [-0.05, 0) is 55.0 Å². The summed E-state index contributed by atoms with van der Waals surface area (Å²) in [6, 6.07) is 13.1. The van der Waals surface area contributed by atoms with E-state index in [4.69, 9.17) is 5.73 Å². The van der Waals surface area contributed by atoms with Gasteiger partial charge >= 0.3 is 0 Å². The van der Waals surface area contributed by atoms with E-state index in [1.54, 1.807) is 0 Å². The van der Waals surface area contributed by atoms with Crippen molar-refractivity contribution in [2.75, 3.05) is 17.7 Å². The van der Waals surface area contributed by atoms with Gasteiger partial charge in [0, 0.05) is 35.4 Å². The van der Waals surface area contributed by atoms with E-state index in [2.05, 4.69) is 69.1 Å². The smallest absolute Gasteiger partial charge is 0.0464 e. The van der Waals surface area contributed by atoms with Crippen LogP contribution in [-0.2, 0) is 6.54 Å². The molecule has 2 rings (SSSR count). The molecular formula is C18H24N2S. The van der Waals surface area contributed by atoms with Crippen LogP contribution >= 0.6 is 11.8 Å². The van der Waals surface area contributed by atoms with E-state index in [0.717, 1.165) is 5.75 Å². The van der Waals surface area contributed by atoms with E-state index in [1.807, 2.05) is 11.8 Å². The maximum Gasteiger partial charge on any atom is 0.0464 e. The molecule has 0 amide bonds. The first-order valence-corrected chi connectivity index (χ1v) is 8.32. The van der Waals surface area contributed by atoms with Crippen molar-refractivity contribution in [3.8, 4) is 0 Å². The van der Waals surface area contributed by atoms with Crippen LogP contribution in [0.2, 0.25) is 0 Å². The zero-order valence-electron chi connectivity index (χ0n) is 13.3. The van der Waals surface area contributed by atoms with Crippen LogP contribution in [0.15, 0.2) is 41.3 Å². The van der Waals surface area contributed by atoms with Crippen LogP contribution in [0.1, 0.15) is 23.6 Å². The number of thioether (sulfide) groups is 1. The molecule has 0 aromatic heterocycles. The third kappa shape index (κ3) is 3.60. The molecule has 2 aromatic carbocycles. The molecule has 0 spiro atoms. The summed E-state index contributed by atoms with van der Waals surface area (Å²) in [6.07, 6.45) is 0. The van der Waals surface area contributed by atoms with Crippen LogP contribution in [0, 0.1) is 13.8 Å². The molecule has 0 aliphatic heterocycles. The van der Waals surface area contributed by atoms with Crippen molar-refractivity contribution in [1.29, 1.82) is 0 Å². The van der Waals surface area contributed by atoms with E-state index in [1.165, 1.54) is 33.0 Å². The lowest BCUT2D eigenvalue weighted by atomic mass is 10.1. The number of benzene rings is 2. The van der Waals surface area contributed by atoms with Gasteiger partial charge in [0.25, 0.3) is 0 Å². The minimum absolute atomic E-state index is 0.563. The summed E-state index contributed by atoms with van der Waals surface area (Å²) in [6.45, 7) is 7.01. The fourth-order valence-corrected chi connectivity index (χ4v) is 3.50. The number of aryl methyl sites for hydroxylation is 2. The number of hydrogen-bond donors (Lipinski definition) is 1. The first-order chi connectivity index (χ1) is 10.1. The normalized spacial score (nSPS) is 10.7. The van der Waals surface area contributed by atoms with Gasteiger partial charge in [-0.1, -0.05) is 19.1 Å². The molecule has 0 saturated carbocycles. The zero-order valence-corrected chi connectivity index (χ0v) is 14.1. The molecule has 3 heteroatoms. The lowest BCUT2D eigenvalue weighted by Crippen LogP contribution is -2.14. The summed E-state index contributed by atoms with van der Waals surface area (Å²) >= 11 is 1.85. The highest BCUT2D eigenvalue weighted by Crippen LogP contribution is 2.34. The Morgan fingerprint density at radius 1 is 1.10 bits per heavy atom. The van der Waals surface area contributed by atoms with Gasteiger partial charge in [-0.2, -0.15) is 0 Å². The van der Waals surface area contributed by atoms with Gasteiger partial charge in [0.15, 0.2) is 0 Å². The maximum absolute atomic E-state index is 6.02. The first-order valence-electron chi connectivity index (χ1n) is 7.33. The van der Waals surface area contributed by atoms with E-state index in [0.29, 0.717) is 6.54 Å². The van der Waals surface area contributed by atoms with E-state index >= 15 is 0 Å². The first kappa shape index (κ1) is 15.9. The van der Waals surface area contributed by atoms with Crippen molar-refractivity contribution in [1.82, 2.24) is 0 Å². The fourth-order valence-electron chi connectivity index (χ4n) is 2.65. The lowest BCUT2D eigenvalue weighted by molar-refractivity contribution is 1.01. The molecule has 0 heterocycles. The predicted octanol–water partition coefficient (Wildman–Crippen LogP) is 4.64. The Hall–Kier alpha value is -1.45. The SMILES string of the molecule is CCSc1cccc(N(C)c2cc(C)cc(C)c2)c1CN. The van der Waals surface area contributed by atoms with Crippen LogP contribution < -0.4 is 10.6 Å². The second-order valence-electron chi connectivity index (χ2n) is 5.30. The molecule has 0 radical (unpaired) electrons. The van der Waals surface area contributed by atoms with Gasteiger partial charge in [-0.25, -0.2) is 0 Å². The van der Waals surface area contributed by atoms with Crippen LogP contribution in [0.4, 0.5) is 11.4 Å². The Bertz CT molecular complexity index is 602. The standard InChI is InChI=1S/C18H24N2S/c1-5-21-18-8-6-7-17(16(18)12-19)20(4)15-10-13(2)9-14(3)11-15/h6-11H,5,12,19H2,1-4H3. The highest BCUT2D eigenvalue weighted by molar-refractivity contribution is 7.99. The minimum Gasteiger partial charge on any atom is -0.344 e. The molecule has 0 unspecified atom stereocenters. The summed E-state index contributed by atoms with van der Waals surface area (Å²) in [7, 11) is 2.11. The summed E-state index contributed by atoms with van der Waals surface area (Å²) in [5, 5.41) is 0. The molecule has 112 valence electrons. The number of nitrogens with two attached hydrogens (primary N) is 1. The fraction of sp³-hybridized carbons (Fsp3) is 0.333. The lowest BCUT2D eigenvalue weighted by Gasteiger charge is -2.24. The quantitative estimate of drug-likeness (QED) is 0.816. The van der Waals surface area contributed by atoms with Crippen molar-refractivity contribution in [3.05, 3.63) is 53.1 Å². The third-order valence-electron chi connectivity index (χ3n) is 3.57. The average molecular weight is 300 g/mol. The molecule has 0 bridgehead atoms. The Balaban J connectivity index is 2.47. The van der Waals surface area contributed by atoms with Crippen molar-refractivity contribution in [2.24, 2.45) is 5.73 Å². The topological polar surface area (TPSA) is 29.3 Å². The molecule has 0 atom stereocenters. The molecule has 2 nitrogen and oxygen atoms in total. The van der Waals surface area contributed by atoms with Crippen LogP contribution in [0.3, 0.4) is 0 Å². The number of rotatable bonds is 5. The van der Waals surface area contributed by atoms with Crippen molar-refractivity contribution in [2.45, 2.75) is 32.2 Å². The highest BCUT2D eigenvalue weighted by atomic mass is 32.2. The second kappa shape index (κ2) is 7.01. The maximum atomic E-state index is 6.02. The van der Waals surface area contributed by atoms with Crippen molar-refractivity contribution in [3.63, 3.8) is 0 Å². The Morgan fingerprint density at radius 3 is 2.33 bits per heavy atom. The van der Waals surface area contributed by atoms with Gasteiger partial charge in [0.1, 0.15) is 0 Å². The largest absolute Gasteiger partial charge is 0.344 e. The number of anilines is 2. The van der Waals surface area contributed by atoms with Crippen molar-refractivity contribution >= 4 is 23.1 Å². The summed E-state index contributed by atoms with van der Waals surface area (Å²) in [5.41, 5.74) is 12.2. The monoisotopic (exact) mass is 300 g/mol. The van der Waals surface area contributed by atoms with Gasteiger partial charge in [-0.3, -0.25) is 0 Å². The molecule has 21 heavy (non-hydrogen) atoms. The number of hydrogen-bond acceptors (Lipinski definition) is 3. The minimum atomic E-state index is 0.563. The third-order valence-corrected chi connectivity index (χ3v) is 4.55.